The Hall–Kier alpha value is -1.13. The molecule has 0 N–H and O–H groups in total. The lowest BCUT2D eigenvalue weighted by Gasteiger charge is -2.30. The minimum absolute atomic E-state index is 0.0651. The number of fused-ring (bicyclic) bond motifs is 1. The van der Waals surface area contributed by atoms with Crippen LogP contribution in [0.4, 0.5) is 0 Å². The van der Waals surface area contributed by atoms with Crippen molar-refractivity contribution in [1.82, 2.24) is 0 Å². The van der Waals surface area contributed by atoms with Crippen molar-refractivity contribution in [3.63, 3.8) is 0 Å². The number of carbonyl (C=O) groups excluding carboxylic acids is 1. The fourth-order valence-electron chi connectivity index (χ4n) is 3.25. The van der Waals surface area contributed by atoms with E-state index in [1.54, 1.807) is 11.3 Å². The van der Waals surface area contributed by atoms with Crippen LogP contribution in [0, 0.1) is 5.41 Å². The Balaban J connectivity index is 2.10. The molecule has 0 amide bonds. The van der Waals surface area contributed by atoms with Crippen molar-refractivity contribution in [2.45, 2.75) is 26.2 Å². The summed E-state index contributed by atoms with van der Waals surface area (Å²) in [6.45, 7) is 4.32. The zero-order chi connectivity index (χ0) is 15.0. The maximum Gasteiger partial charge on any atom is 0.313 e. The van der Waals surface area contributed by atoms with Crippen molar-refractivity contribution in [2.75, 3.05) is 6.61 Å². The maximum absolute atomic E-state index is 12.6. The Morgan fingerprint density at radius 3 is 2.81 bits per heavy atom. The minimum atomic E-state index is -0.515. The van der Waals surface area contributed by atoms with Gasteiger partial charge in [0.2, 0.25) is 0 Å². The predicted molar refractivity (Wildman–Crippen MR) is 88.7 cm³/mol. The van der Waals surface area contributed by atoms with Gasteiger partial charge in [-0.05, 0) is 53.4 Å². The number of ether oxygens (including phenoxy) is 1. The molecular formula is C17H17BrO2S. The van der Waals surface area contributed by atoms with Gasteiger partial charge in [0.1, 0.15) is 0 Å². The van der Waals surface area contributed by atoms with Gasteiger partial charge in [-0.1, -0.05) is 30.3 Å². The largest absolute Gasteiger partial charge is 0.466 e. The summed E-state index contributed by atoms with van der Waals surface area (Å²) in [5, 5.41) is 0. The highest BCUT2D eigenvalue weighted by molar-refractivity contribution is 9.11. The summed E-state index contributed by atoms with van der Waals surface area (Å²) in [7, 11) is 0. The van der Waals surface area contributed by atoms with E-state index in [2.05, 4.69) is 34.1 Å². The van der Waals surface area contributed by atoms with Gasteiger partial charge in [-0.3, -0.25) is 4.79 Å². The first-order valence-corrected chi connectivity index (χ1v) is 8.67. The van der Waals surface area contributed by atoms with Crippen molar-refractivity contribution < 1.29 is 9.53 Å². The van der Waals surface area contributed by atoms with Crippen LogP contribution in [0.1, 0.15) is 35.8 Å². The number of benzene rings is 1. The number of rotatable bonds is 3. The molecule has 0 saturated heterocycles. The molecule has 1 aromatic heterocycles. The van der Waals surface area contributed by atoms with E-state index < -0.39 is 5.41 Å². The third-order valence-corrected chi connectivity index (χ3v) is 5.82. The zero-order valence-electron chi connectivity index (χ0n) is 12.1. The lowest BCUT2D eigenvalue weighted by molar-refractivity contribution is -0.154. The predicted octanol–water partition coefficient (Wildman–Crippen LogP) is 4.77. The molecule has 1 unspecified atom stereocenters. The molecule has 2 aromatic rings. The van der Waals surface area contributed by atoms with Gasteiger partial charge >= 0.3 is 5.97 Å². The summed E-state index contributed by atoms with van der Waals surface area (Å²) < 4.78 is 6.49. The first-order chi connectivity index (χ1) is 10.1. The average molecular weight is 365 g/mol. The van der Waals surface area contributed by atoms with Crippen LogP contribution in [0.25, 0.3) is 0 Å². The van der Waals surface area contributed by atoms with Crippen molar-refractivity contribution in [1.29, 1.82) is 0 Å². The number of thiophene rings is 1. The van der Waals surface area contributed by atoms with Crippen LogP contribution in [-0.4, -0.2) is 12.6 Å². The van der Waals surface area contributed by atoms with E-state index in [0.717, 1.165) is 10.2 Å². The van der Waals surface area contributed by atoms with Crippen LogP contribution in [0.15, 0.2) is 40.2 Å². The smallest absolute Gasteiger partial charge is 0.313 e. The SMILES string of the molecule is CCOC(=O)[C@@]1(C)Cc2sc(Br)cc2C1c1ccccc1. The molecule has 1 aliphatic rings. The average Bonchev–Trinajstić information content (AvgIpc) is 2.93. The van der Waals surface area contributed by atoms with Crippen molar-refractivity contribution >= 4 is 33.2 Å². The maximum atomic E-state index is 12.6. The van der Waals surface area contributed by atoms with E-state index in [1.807, 2.05) is 32.0 Å². The van der Waals surface area contributed by atoms with Crippen LogP contribution < -0.4 is 0 Å². The molecule has 1 heterocycles. The second-order valence-corrected chi connectivity index (χ2v) is 8.10. The van der Waals surface area contributed by atoms with Crippen molar-refractivity contribution in [3.8, 4) is 0 Å². The molecule has 0 saturated carbocycles. The van der Waals surface area contributed by atoms with E-state index in [4.69, 9.17) is 4.74 Å². The summed E-state index contributed by atoms with van der Waals surface area (Å²) in [6, 6.07) is 12.4. The molecule has 0 radical (unpaired) electrons. The van der Waals surface area contributed by atoms with Gasteiger partial charge in [0.15, 0.2) is 0 Å². The first-order valence-electron chi connectivity index (χ1n) is 7.06. The fraction of sp³-hybridized carbons (Fsp3) is 0.353. The van der Waals surface area contributed by atoms with Crippen LogP contribution in [0.5, 0.6) is 0 Å². The second kappa shape index (κ2) is 5.58. The normalized spacial score (nSPS) is 23.9. The summed E-state index contributed by atoms with van der Waals surface area (Å²) in [5.41, 5.74) is 1.92. The van der Waals surface area contributed by atoms with Gasteiger partial charge in [-0.25, -0.2) is 0 Å². The quantitative estimate of drug-likeness (QED) is 0.733. The van der Waals surface area contributed by atoms with Crippen molar-refractivity contribution in [3.05, 3.63) is 56.2 Å². The molecule has 0 bridgehead atoms. The fourth-order valence-corrected chi connectivity index (χ4v) is 5.17. The molecule has 4 heteroatoms. The number of carbonyl (C=O) groups is 1. The highest BCUT2D eigenvalue weighted by Gasteiger charge is 2.50. The van der Waals surface area contributed by atoms with Gasteiger partial charge in [-0.15, -0.1) is 11.3 Å². The lowest BCUT2D eigenvalue weighted by atomic mass is 9.74. The molecule has 3 rings (SSSR count). The summed E-state index contributed by atoms with van der Waals surface area (Å²) >= 11 is 5.29. The third-order valence-electron chi connectivity index (χ3n) is 4.16. The molecule has 2 atom stereocenters. The number of halogens is 1. The van der Waals surface area contributed by atoms with E-state index in [1.165, 1.54) is 16.0 Å². The van der Waals surface area contributed by atoms with E-state index in [-0.39, 0.29) is 11.9 Å². The van der Waals surface area contributed by atoms with Gasteiger partial charge in [0.05, 0.1) is 15.8 Å². The Morgan fingerprint density at radius 1 is 1.43 bits per heavy atom. The van der Waals surface area contributed by atoms with Crippen LogP contribution in [0.3, 0.4) is 0 Å². The summed E-state index contributed by atoms with van der Waals surface area (Å²) in [5.74, 6) is -0.0336. The topological polar surface area (TPSA) is 26.3 Å². The van der Waals surface area contributed by atoms with Crippen LogP contribution in [-0.2, 0) is 16.0 Å². The minimum Gasteiger partial charge on any atom is -0.466 e. The monoisotopic (exact) mass is 364 g/mol. The summed E-state index contributed by atoms with van der Waals surface area (Å²) in [6.07, 6.45) is 0.747. The molecule has 1 aliphatic carbocycles. The Morgan fingerprint density at radius 2 is 2.14 bits per heavy atom. The summed E-state index contributed by atoms with van der Waals surface area (Å²) in [4.78, 5) is 13.9. The third kappa shape index (κ3) is 2.44. The van der Waals surface area contributed by atoms with Crippen molar-refractivity contribution in [2.24, 2.45) is 5.41 Å². The lowest BCUT2D eigenvalue weighted by Crippen LogP contribution is -2.34. The second-order valence-electron chi connectivity index (χ2n) is 5.59. The standard InChI is InChI=1S/C17H17BrO2S/c1-3-20-16(19)17(2)10-13-12(9-14(18)21-13)15(17)11-7-5-4-6-8-11/h4-9,15H,3,10H2,1-2H3/t15?,17-/m0/s1. The van der Waals surface area contributed by atoms with E-state index in [0.29, 0.717) is 6.61 Å². The van der Waals surface area contributed by atoms with Gasteiger partial charge in [0, 0.05) is 10.8 Å². The molecule has 0 spiro atoms. The van der Waals surface area contributed by atoms with E-state index in [9.17, 15) is 4.79 Å². The molecule has 1 aromatic carbocycles. The Labute approximate surface area is 137 Å². The van der Waals surface area contributed by atoms with Gasteiger partial charge < -0.3 is 4.74 Å². The van der Waals surface area contributed by atoms with Gasteiger partial charge in [-0.2, -0.15) is 0 Å². The van der Waals surface area contributed by atoms with Crippen LogP contribution in [0.2, 0.25) is 0 Å². The molecule has 21 heavy (non-hydrogen) atoms. The Kier molecular flexibility index (Phi) is 3.93. The molecule has 0 aliphatic heterocycles. The molecular weight excluding hydrogens is 348 g/mol. The van der Waals surface area contributed by atoms with E-state index >= 15 is 0 Å². The molecule has 2 nitrogen and oxygen atoms in total. The number of hydrogen-bond donors (Lipinski definition) is 0. The Bertz CT molecular complexity index is 665. The first kappa shape index (κ1) is 14.8. The number of hydrogen-bond acceptors (Lipinski definition) is 3. The zero-order valence-corrected chi connectivity index (χ0v) is 14.5. The van der Waals surface area contributed by atoms with Crippen LogP contribution >= 0.6 is 27.3 Å². The number of esters is 1. The molecule has 110 valence electrons. The van der Waals surface area contributed by atoms with Gasteiger partial charge in [0.25, 0.3) is 0 Å². The highest BCUT2D eigenvalue weighted by Crippen LogP contribution is 2.54. The highest BCUT2D eigenvalue weighted by atomic mass is 79.9. The molecule has 0 fully saturated rings.